The first kappa shape index (κ1) is 11.4. The van der Waals surface area contributed by atoms with Gasteiger partial charge in [-0.15, -0.1) is 0 Å². The van der Waals surface area contributed by atoms with Crippen molar-refractivity contribution >= 4 is 5.82 Å². The first-order valence-electron chi connectivity index (χ1n) is 6.12. The third-order valence-corrected chi connectivity index (χ3v) is 3.33. The second-order valence-corrected chi connectivity index (χ2v) is 4.50. The van der Waals surface area contributed by atoms with E-state index in [0.717, 1.165) is 25.2 Å². The lowest BCUT2D eigenvalue weighted by Crippen LogP contribution is -2.30. The number of hydrogen-bond donors (Lipinski definition) is 1. The van der Waals surface area contributed by atoms with Gasteiger partial charge in [0.2, 0.25) is 0 Å². The fraction of sp³-hybridized carbons (Fsp3) is 0.615. The molecule has 16 heavy (non-hydrogen) atoms. The van der Waals surface area contributed by atoms with Gasteiger partial charge in [0, 0.05) is 25.4 Å². The highest BCUT2D eigenvalue weighted by atomic mass is 16.2. The molecule has 1 saturated heterocycles. The molecular formula is C13H20N2O. The van der Waals surface area contributed by atoms with Crippen molar-refractivity contribution in [1.82, 2.24) is 4.98 Å². The standard InChI is InChI=1S/C13H20N2O/c1-11-5-2-8-14-13(11)15-9-3-6-12(15)7-4-10-16/h2,5,8,12,16H,3-4,6-7,9-10H2,1H3. The number of hydrogen-bond acceptors (Lipinski definition) is 3. The number of aliphatic hydroxyl groups excluding tert-OH is 1. The SMILES string of the molecule is Cc1cccnc1N1CCCC1CCCO. The van der Waals surface area contributed by atoms with Gasteiger partial charge in [-0.05, 0) is 44.2 Å². The van der Waals surface area contributed by atoms with Crippen LogP contribution in [-0.4, -0.2) is 29.3 Å². The van der Waals surface area contributed by atoms with Crippen molar-refractivity contribution < 1.29 is 5.11 Å². The summed E-state index contributed by atoms with van der Waals surface area (Å²) >= 11 is 0. The maximum atomic E-state index is 8.90. The van der Waals surface area contributed by atoms with Gasteiger partial charge in [0.15, 0.2) is 0 Å². The van der Waals surface area contributed by atoms with Crippen LogP contribution in [0.1, 0.15) is 31.2 Å². The van der Waals surface area contributed by atoms with E-state index in [2.05, 4.69) is 22.9 Å². The molecule has 1 aromatic rings. The van der Waals surface area contributed by atoms with E-state index in [1.807, 2.05) is 12.3 Å². The Bertz CT molecular complexity index is 340. The van der Waals surface area contributed by atoms with E-state index >= 15 is 0 Å². The molecule has 2 rings (SSSR count). The molecule has 0 aromatic carbocycles. The molecule has 1 aliphatic heterocycles. The third kappa shape index (κ3) is 2.35. The zero-order chi connectivity index (χ0) is 11.4. The summed E-state index contributed by atoms with van der Waals surface area (Å²) < 4.78 is 0. The van der Waals surface area contributed by atoms with E-state index in [-0.39, 0.29) is 0 Å². The summed E-state index contributed by atoms with van der Waals surface area (Å²) in [6.45, 7) is 3.52. The summed E-state index contributed by atoms with van der Waals surface area (Å²) in [4.78, 5) is 6.89. The van der Waals surface area contributed by atoms with Crippen LogP contribution in [0.25, 0.3) is 0 Å². The van der Waals surface area contributed by atoms with Gasteiger partial charge in [-0.1, -0.05) is 6.07 Å². The topological polar surface area (TPSA) is 36.4 Å². The Morgan fingerprint density at radius 3 is 3.19 bits per heavy atom. The minimum atomic E-state index is 0.297. The van der Waals surface area contributed by atoms with Crippen LogP contribution < -0.4 is 4.90 Å². The molecule has 1 fully saturated rings. The maximum absolute atomic E-state index is 8.90. The van der Waals surface area contributed by atoms with Crippen molar-refractivity contribution in [2.45, 2.75) is 38.6 Å². The molecule has 0 saturated carbocycles. The molecule has 1 aliphatic rings. The minimum absolute atomic E-state index is 0.297. The lowest BCUT2D eigenvalue weighted by molar-refractivity contribution is 0.279. The summed E-state index contributed by atoms with van der Waals surface area (Å²) in [6, 6.07) is 4.67. The second-order valence-electron chi connectivity index (χ2n) is 4.50. The summed E-state index contributed by atoms with van der Waals surface area (Å²) in [6.07, 6.45) is 6.31. The highest BCUT2D eigenvalue weighted by molar-refractivity contribution is 5.47. The average molecular weight is 220 g/mol. The van der Waals surface area contributed by atoms with Crippen LogP contribution in [0.4, 0.5) is 5.82 Å². The number of anilines is 1. The van der Waals surface area contributed by atoms with Crippen LogP contribution in [0, 0.1) is 6.92 Å². The largest absolute Gasteiger partial charge is 0.396 e. The second kappa shape index (κ2) is 5.30. The van der Waals surface area contributed by atoms with Crippen LogP contribution >= 0.6 is 0 Å². The van der Waals surface area contributed by atoms with Gasteiger partial charge in [-0.3, -0.25) is 0 Å². The zero-order valence-electron chi connectivity index (χ0n) is 9.89. The van der Waals surface area contributed by atoms with Crippen molar-refractivity contribution in [3.8, 4) is 0 Å². The Labute approximate surface area is 97.1 Å². The Morgan fingerprint density at radius 2 is 2.44 bits per heavy atom. The molecule has 1 unspecified atom stereocenters. The summed E-state index contributed by atoms with van der Waals surface area (Å²) in [7, 11) is 0. The van der Waals surface area contributed by atoms with Gasteiger partial charge in [0.1, 0.15) is 5.82 Å². The molecule has 1 aromatic heterocycles. The fourth-order valence-corrected chi connectivity index (χ4v) is 2.52. The van der Waals surface area contributed by atoms with Gasteiger partial charge in [0.25, 0.3) is 0 Å². The van der Waals surface area contributed by atoms with Crippen LogP contribution in [-0.2, 0) is 0 Å². The van der Waals surface area contributed by atoms with Gasteiger partial charge >= 0.3 is 0 Å². The normalized spacial score (nSPS) is 20.4. The molecule has 0 amide bonds. The summed E-state index contributed by atoms with van der Waals surface area (Å²) in [5, 5.41) is 8.90. The molecule has 0 bridgehead atoms. The molecule has 2 heterocycles. The Balaban J connectivity index is 2.10. The van der Waals surface area contributed by atoms with Crippen LogP contribution in [0.15, 0.2) is 18.3 Å². The lowest BCUT2D eigenvalue weighted by atomic mass is 10.1. The van der Waals surface area contributed by atoms with Gasteiger partial charge < -0.3 is 10.0 Å². The predicted molar refractivity (Wildman–Crippen MR) is 65.7 cm³/mol. The molecule has 3 nitrogen and oxygen atoms in total. The molecule has 0 aliphatic carbocycles. The highest BCUT2D eigenvalue weighted by Gasteiger charge is 2.25. The van der Waals surface area contributed by atoms with E-state index in [0.29, 0.717) is 12.6 Å². The predicted octanol–water partition coefficient (Wildman–Crippen LogP) is 2.13. The fourth-order valence-electron chi connectivity index (χ4n) is 2.52. The summed E-state index contributed by atoms with van der Waals surface area (Å²) in [5.74, 6) is 1.13. The lowest BCUT2D eigenvalue weighted by Gasteiger charge is -2.26. The molecule has 88 valence electrons. The van der Waals surface area contributed by atoms with Crippen LogP contribution in [0.3, 0.4) is 0 Å². The van der Waals surface area contributed by atoms with Crippen molar-refractivity contribution in [1.29, 1.82) is 0 Å². The Kier molecular flexibility index (Phi) is 3.78. The highest BCUT2D eigenvalue weighted by Crippen LogP contribution is 2.28. The van der Waals surface area contributed by atoms with Gasteiger partial charge in [0.05, 0.1) is 0 Å². The van der Waals surface area contributed by atoms with Crippen molar-refractivity contribution in [3.05, 3.63) is 23.9 Å². The van der Waals surface area contributed by atoms with Crippen LogP contribution in [0.2, 0.25) is 0 Å². The monoisotopic (exact) mass is 220 g/mol. The first-order valence-corrected chi connectivity index (χ1v) is 6.12. The van der Waals surface area contributed by atoms with E-state index in [4.69, 9.17) is 5.11 Å². The van der Waals surface area contributed by atoms with E-state index < -0.39 is 0 Å². The summed E-state index contributed by atoms with van der Waals surface area (Å²) in [5.41, 5.74) is 1.25. The molecule has 1 N–H and O–H groups in total. The average Bonchev–Trinajstić information content (AvgIpc) is 2.75. The van der Waals surface area contributed by atoms with Crippen molar-refractivity contribution in [3.63, 3.8) is 0 Å². The molecular weight excluding hydrogens is 200 g/mol. The smallest absolute Gasteiger partial charge is 0.131 e. The maximum Gasteiger partial charge on any atom is 0.131 e. The Morgan fingerprint density at radius 1 is 1.56 bits per heavy atom. The van der Waals surface area contributed by atoms with Crippen molar-refractivity contribution in [2.24, 2.45) is 0 Å². The number of pyridine rings is 1. The van der Waals surface area contributed by atoms with Crippen molar-refractivity contribution in [2.75, 3.05) is 18.1 Å². The minimum Gasteiger partial charge on any atom is -0.396 e. The number of rotatable bonds is 4. The molecule has 0 radical (unpaired) electrons. The van der Waals surface area contributed by atoms with Gasteiger partial charge in [-0.2, -0.15) is 0 Å². The van der Waals surface area contributed by atoms with E-state index in [1.54, 1.807) is 0 Å². The molecule has 3 heteroatoms. The van der Waals surface area contributed by atoms with E-state index in [1.165, 1.54) is 18.4 Å². The number of aliphatic hydroxyl groups is 1. The van der Waals surface area contributed by atoms with E-state index in [9.17, 15) is 0 Å². The zero-order valence-corrected chi connectivity index (χ0v) is 9.89. The molecule has 1 atom stereocenters. The number of nitrogens with zero attached hydrogens (tertiary/aromatic N) is 2. The first-order chi connectivity index (χ1) is 7.83. The van der Waals surface area contributed by atoms with Crippen LogP contribution in [0.5, 0.6) is 0 Å². The number of aromatic nitrogens is 1. The van der Waals surface area contributed by atoms with Gasteiger partial charge in [-0.25, -0.2) is 4.98 Å². The quantitative estimate of drug-likeness (QED) is 0.844. The molecule has 0 spiro atoms. The third-order valence-electron chi connectivity index (χ3n) is 3.33. The number of aryl methyl sites for hydroxylation is 1. The Hall–Kier alpha value is -1.09.